The van der Waals surface area contributed by atoms with Gasteiger partial charge in [0.05, 0.1) is 10.6 Å². The lowest BCUT2D eigenvalue weighted by molar-refractivity contribution is 0.506. The van der Waals surface area contributed by atoms with Crippen LogP contribution in [0.3, 0.4) is 0 Å². The Hall–Kier alpha value is -2.52. The van der Waals surface area contributed by atoms with Crippen molar-refractivity contribution in [1.82, 2.24) is 4.98 Å². The van der Waals surface area contributed by atoms with Gasteiger partial charge in [-0.1, -0.05) is 83.9 Å². The van der Waals surface area contributed by atoms with E-state index in [0.717, 1.165) is 36.5 Å². The molecule has 1 aliphatic rings. The predicted molar refractivity (Wildman–Crippen MR) is 137 cm³/mol. The first-order valence-corrected chi connectivity index (χ1v) is 13.5. The minimum atomic E-state index is -3.32. The second-order valence-electron chi connectivity index (χ2n) is 8.10. The largest absolute Gasteiger partial charge is 0.420 e. The average molecular weight is 497 g/mol. The second-order valence-corrected chi connectivity index (χ2v) is 11.6. The molecule has 0 saturated carbocycles. The lowest BCUT2D eigenvalue weighted by atomic mass is 10.1. The van der Waals surface area contributed by atoms with E-state index in [9.17, 15) is 0 Å². The third-order valence-electron chi connectivity index (χ3n) is 5.93. The van der Waals surface area contributed by atoms with E-state index in [1.807, 2.05) is 60.7 Å². The van der Waals surface area contributed by atoms with Gasteiger partial charge in [0.2, 0.25) is 11.8 Å². The predicted octanol–water partition coefficient (Wildman–Crippen LogP) is 6.28. The summed E-state index contributed by atoms with van der Waals surface area (Å²) in [6.07, 6.45) is 3.28. The minimum Gasteiger partial charge on any atom is -0.420 e. The van der Waals surface area contributed by atoms with E-state index in [4.69, 9.17) is 32.6 Å². The number of halogens is 2. The van der Waals surface area contributed by atoms with Crippen molar-refractivity contribution in [2.75, 3.05) is 18.0 Å². The van der Waals surface area contributed by atoms with Crippen LogP contribution >= 0.6 is 30.3 Å². The van der Waals surface area contributed by atoms with E-state index in [0.29, 0.717) is 32.8 Å². The van der Waals surface area contributed by atoms with Crippen molar-refractivity contribution in [3.05, 3.63) is 88.9 Å². The van der Waals surface area contributed by atoms with Crippen molar-refractivity contribution in [3.63, 3.8) is 0 Å². The Kier molecular flexibility index (Phi) is 6.34. The van der Waals surface area contributed by atoms with Crippen LogP contribution in [-0.2, 0) is 4.57 Å². The summed E-state index contributed by atoms with van der Waals surface area (Å²) >= 11 is 12.6. The molecule has 5 rings (SSSR count). The van der Waals surface area contributed by atoms with E-state index >= 15 is 4.57 Å². The van der Waals surface area contributed by atoms with Crippen molar-refractivity contribution in [3.8, 4) is 11.5 Å². The average Bonchev–Trinajstić information content (AvgIpc) is 3.31. The summed E-state index contributed by atoms with van der Waals surface area (Å²) in [4.78, 5) is 7.04. The van der Waals surface area contributed by atoms with Crippen LogP contribution in [0, 0.1) is 0 Å². The number of oxazole rings is 1. The Morgan fingerprint density at radius 2 is 1.42 bits per heavy atom. The van der Waals surface area contributed by atoms with Crippen LogP contribution in [-0.4, -0.2) is 18.1 Å². The number of aromatic nitrogens is 1. The number of nitrogens with zero attached hydrogens (tertiary/aromatic N) is 2. The molecule has 0 amide bonds. The molecular weight excluding hydrogens is 474 g/mol. The first kappa shape index (κ1) is 22.3. The van der Waals surface area contributed by atoms with Crippen LogP contribution in [0.5, 0.6) is 0 Å². The fraction of sp³-hybridized carbons (Fsp3) is 0.192. The Bertz CT molecular complexity index is 1260. The molecule has 0 radical (unpaired) electrons. The molecule has 0 N–H and O–H groups in total. The van der Waals surface area contributed by atoms with Crippen LogP contribution in [0.4, 0.5) is 5.88 Å². The fourth-order valence-corrected chi connectivity index (χ4v) is 7.41. The minimum absolute atomic E-state index is 0.347. The lowest BCUT2D eigenvalue weighted by Crippen LogP contribution is -2.35. The zero-order chi connectivity index (χ0) is 22.8. The van der Waals surface area contributed by atoms with Gasteiger partial charge in [-0.3, -0.25) is 0 Å². The summed E-state index contributed by atoms with van der Waals surface area (Å²) < 4.78 is 21.4. The first-order chi connectivity index (χ1) is 16.1. The summed E-state index contributed by atoms with van der Waals surface area (Å²) in [5.74, 6) is 0.908. The fourth-order valence-electron chi connectivity index (χ4n) is 4.26. The molecule has 168 valence electrons. The molecule has 4 aromatic rings. The normalized spacial score (nSPS) is 14.4. The SMILES string of the molecule is O=P(c1ccccc1)(c1ccccc1)c1nc(-c2ccc(Cl)cc2Cl)oc1N1CCCCC1. The lowest BCUT2D eigenvalue weighted by Gasteiger charge is -2.28. The molecule has 7 heteroatoms. The van der Waals surface area contributed by atoms with E-state index in [2.05, 4.69) is 4.90 Å². The molecule has 0 aliphatic carbocycles. The Labute approximate surface area is 203 Å². The Morgan fingerprint density at radius 3 is 2.00 bits per heavy atom. The van der Waals surface area contributed by atoms with Crippen LogP contribution < -0.4 is 20.9 Å². The van der Waals surface area contributed by atoms with Gasteiger partial charge in [0.1, 0.15) is 0 Å². The summed E-state index contributed by atoms with van der Waals surface area (Å²) in [5, 5.41) is 2.41. The highest BCUT2D eigenvalue weighted by Crippen LogP contribution is 2.46. The number of rotatable bonds is 5. The van der Waals surface area contributed by atoms with Gasteiger partial charge in [0, 0.05) is 28.7 Å². The third kappa shape index (κ3) is 4.24. The molecule has 33 heavy (non-hydrogen) atoms. The maximum Gasteiger partial charge on any atom is 0.231 e. The maximum absolute atomic E-state index is 15.1. The van der Waals surface area contributed by atoms with Gasteiger partial charge in [-0.2, -0.15) is 0 Å². The van der Waals surface area contributed by atoms with Gasteiger partial charge in [-0.05, 0) is 37.5 Å². The van der Waals surface area contributed by atoms with E-state index in [-0.39, 0.29) is 0 Å². The summed E-state index contributed by atoms with van der Waals surface area (Å²) in [6, 6.07) is 24.3. The topological polar surface area (TPSA) is 46.3 Å². The highest BCUT2D eigenvalue weighted by molar-refractivity contribution is 7.85. The smallest absolute Gasteiger partial charge is 0.231 e. The molecule has 0 unspecified atom stereocenters. The number of hydrogen-bond acceptors (Lipinski definition) is 4. The Balaban J connectivity index is 1.76. The molecular formula is C26H23Cl2N2O2P. The Morgan fingerprint density at radius 1 is 0.818 bits per heavy atom. The van der Waals surface area contributed by atoms with Crippen LogP contribution in [0.15, 0.2) is 83.3 Å². The number of benzene rings is 3. The second kappa shape index (κ2) is 9.38. The van der Waals surface area contributed by atoms with Crippen molar-refractivity contribution in [2.24, 2.45) is 0 Å². The molecule has 1 aromatic heterocycles. The van der Waals surface area contributed by atoms with Crippen LogP contribution in [0.1, 0.15) is 19.3 Å². The quantitative estimate of drug-likeness (QED) is 0.305. The molecule has 1 fully saturated rings. The number of anilines is 1. The van der Waals surface area contributed by atoms with Crippen LogP contribution in [0.25, 0.3) is 11.5 Å². The molecule has 3 aromatic carbocycles. The summed E-state index contributed by atoms with van der Waals surface area (Å²) in [6.45, 7) is 1.67. The van der Waals surface area contributed by atoms with Crippen molar-refractivity contribution < 1.29 is 8.98 Å². The van der Waals surface area contributed by atoms with Crippen LogP contribution in [0.2, 0.25) is 10.0 Å². The molecule has 0 spiro atoms. The molecule has 0 bridgehead atoms. The third-order valence-corrected chi connectivity index (χ3v) is 9.42. The van der Waals surface area contributed by atoms with Crippen molar-refractivity contribution in [2.45, 2.75) is 19.3 Å². The van der Waals surface area contributed by atoms with Gasteiger partial charge >= 0.3 is 0 Å². The van der Waals surface area contributed by atoms with Gasteiger partial charge in [-0.15, -0.1) is 0 Å². The van der Waals surface area contributed by atoms with Crippen molar-refractivity contribution >= 4 is 52.3 Å². The van der Waals surface area contributed by atoms with E-state index < -0.39 is 7.14 Å². The van der Waals surface area contributed by atoms with Gasteiger partial charge in [0.25, 0.3) is 0 Å². The van der Waals surface area contributed by atoms with Gasteiger partial charge in [0.15, 0.2) is 12.6 Å². The monoisotopic (exact) mass is 496 g/mol. The van der Waals surface area contributed by atoms with E-state index in [1.165, 1.54) is 6.42 Å². The molecule has 2 heterocycles. The standard InChI is InChI=1S/C26H23Cl2N2O2P/c27-19-14-15-22(23(28)18-19)24-29-25(26(32-24)30-16-8-3-9-17-30)33(31,20-10-4-1-5-11-20)21-12-6-2-7-13-21/h1-2,4-7,10-15,18H,3,8-9,16-17H2. The number of piperidine rings is 1. The molecule has 4 nitrogen and oxygen atoms in total. The highest BCUT2D eigenvalue weighted by atomic mass is 35.5. The first-order valence-electron chi connectivity index (χ1n) is 11.0. The number of hydrogen-bond donors (Lipinski definition) is 0. The zero-order valence-corrected chi connectivity index (χ0v) is 20.4. The van der Waals surface area contributed by atoms with Crippen molar-refractivity contribution in [1.29, 1.82) is 0 Å². The summed E-state index contributed by atoms with van der Waals surface area (Å²) in [5.41, 5.74) is 1.08. The highest BCUT2D eigenvalue weighted by Gasteiger charge is 2.38. The molecule has 1 saturated heterocycles. The molecule has 0 atom stereocenters. The van der Waals surface area contributed by atoms with Gasteiger partial charge in [-0.25, -0.2) is 4.98 Å². The zero-order valence-electron chi connectivity index (χ0n) is 18.0. The van der Waals surface area contributed by atoms with E-state index in [1.54, 1.807) is 18.2 Å². The summed E-state index contributed by atoms with van der Waals surface area (Å²) in [7, 11) is -3.32. The maximum atomic E-state index is 15.1. The van der Waals surface area contributed by atoms with Gasteiger partial charge < -0.3 is 13.9 Å². The molecule has 1 aliphatic heterocycles.